The molecule has 0 radical (unpaired) electrons. The molecular weight excluding hydrogens is 336 g/mol. The molecule has 0 spiro atoms. The van der Waals surface area contributed by atoms with Gasteiger partial charge < -0.3 is 5.32 Å². The van der Waals surface area contributed by atoms with Gasteiger partial charge in [-0.3, -0.25) is 9.58 Å². The second-order valence-electron chi connectivity index (χ2n) is 7.15. The van der Waals surface area contributed by atoms with Crippen LogP contribution in [0, 0.1) is 0 Å². The molecule has 0 bridgehead atoms. The summed E-state index contributed by atoms with van der Waals surface area (Å²) in [7, 11) is 0. The zero-order valence-electron chi connectivity index (χ0n) is 15.8. The zero-order valence-corrected chi connectivity index (χ0v) is 15.8. The highest BCUT2D eigenvalue weighted by Crippen LogP contribution is 2.21. The summed E-state index contributed by atoms with van der Waals surface area (Å²) in [5.41, 5.74) is 3.76. The van der Waals surface area contributed by atoms with Gasteiger partial charge in [0.15, 0.2) is 0 Å². The van der Waals surface area contributed by atoms with Crippen molar-refractivity contribution in [3.63, 3.8) is 0 Å². The Kier molecular flexibility index (Phi) is 5.44. The Bertz CT molecular complexity index is 846. The summed E-state index contributed by atoms with van der Waals surface area (Å²) in [6.45, 7) is 7.07. The third-order valence-electron chi connectivity index (χ3n) is 5.17. The van der Waals surface area contributed by atoms with Crippen LogP contribution in [0.4, 0.5) is 5.95 Å². The molecule has 0 amide bonds. The van der Waals surface area contributed by atoms with Crippen LogP contribution in [0.3, 0.4) is 0 Å². The lowest BCUT2D eigenvalue weighted by atomic mass is 9.97. The van der Waals surface area contributed by atoms with Crippen molar-refractivity contribution >= 4 is 5.95 Å². The van der Waals surface area contributed by atoms with Crippen molar-refractivity contribution in [3.8, 4) is 0 Å². The molecule has 1 aromatic carbocycles. The molecule has 0 saturated carbocycles. The van der Waals surface area contributed by atoms with Gasteiger partial charge in [0.2, 0.25) is 5.95 Å². The Labute approximate surface area is 160 Å². The zero-order chi connectivity index (χ0) is 18.5. The van der Waals surface area contributed by atoms with Gasteiger partial charge in [-0.15, -0.1) is 0 Å². The molecule has 0 aliphatic carbocycles. The van der Waals surface area contributed by atoms with Gasteiger partial charge >= 0.3 is 0 Å². The minimum Gasteiger partial charge on any atom is -0.348 e. The number of fused-ring (bicyclic) bond motifs is 1. The second-order valence-corrected chi connectivity index (χ2v) is 7.15. The second kappa shape index (κ2) is 8.31. The molecule has 1 unspecified atom stereocenters. The summed E-state index contributed by atoms with van der Waals surface area (Å²) in [4.78, 5) is 10.9. The van der Waals surface area contributed by atoms with Crippen molar-refractivity contribution in [2.75, 3.05) is 18.4 Å². The third-order valence-corrected chi connectivity index (χ3v) is 5.17. The molecule has 1 atom stereocenters. The highest BCUT2D eigenvalue weighted by Gasteiger charge is 2.19. The Balaban J connectivity index is 1.30. The number of hydrogen-bond donors (Lipinski definition) is 1. The quantitative estimate of drug-likeness (QED) is 0.699. The fourth-order valence-corrected chi connectivity index (χ4v) is 3.54. The molecule has 6 nitrogen and oxygen atoms in total. The molecule has 140 valence electrons. The van der Waals surface area contributed by atoms with Gasteiger partial charge in [0.1, 0.15) is 0 Å². The lowest BCUT2D eigenvalue weighted by Gasteiger charge is -2.28. The molecule has 4 rings (SSSR count). The average Bonchev–Trinajstić information content (AvgIpc) is 3.14. The first-order valence-electron chi connectivity index (χ1n) is 9.62. The van der Waals surface area contributed by atoms with E-state index < -0.39 is 0 Å². The third kappa shape index (κ3) is 4.52. The number of rotatable bonds is 7. The molecule has 3 heterocycles. The van der Waals surface area contributed by atoms with Crippen molar-refractivity contribution in [1.29, 1.82) is 0 Å². The van der Waals surface area contributed by atoms with Gasteiger partial charge in [-0.25, -0.2) is 9.97 Å². The maximum Gasteiger partial charge on any atom is 0.222 e. The fourth-order valence-electron chi connectivity index (χ4n) is 3.54. The summed E-state index contributed by atoms with van der Waals surface area (Å²) in [5, 5.41) is 7.94. The SMILES string of the molecule is CC(CCN1CCn2nc(CNc3ncccn3)cc2C1)c1ccccc1. The standard InChI is InChI=1S/C21H26N6/c1-17(18-6-3-2-4-7-18)8-11-26-12-13-27-20(16-26)14-19(25-27)15-24-21-22-9-5-10-23-21/h2-7,9-10,14,17H,8,11-13,15-16H2,1H3,(H,22,23,24). The van der Waals surface area contributed by atoms with E-state index in [0.29, 0.717) is 18.4 Å². The lowest BCUT2D eigenvalue weighted by molar-refractivity contribution is 0.207. The Morgan fingerprint density at radius 3 is 2.70 bits per heavy atom. The van der Waals surface area contributed by atoms with E-state index in [9.17, 15) is 0 Å². The van der Waals surface area contributed by atoms with E-state index in [1.165, 1.54) is 17.7 Å². The van der Waals surface area contributed by atoms with E-state index in [1.807, 2.05) is 6.07 Å². The molecule has 1 aliphatic rings. The Hall–Kier alpha value is -2.73. The predicted molar refractivity (Wildman–Crippen MR) is 106 cm³/mol. The maximum absolute atomic E-state index is 4.72. The number of nitrogens with zero attached hydrogens (tertiary/aromatic N) is 5. The van der Waals surface area contributed by atoms with E-state index in [1.54, 1.807) is 12.4 Å². The van der Waals surface area contributed by atoms with Crippen LogP contribution in [-0.4, -0.2) is 37.7 Å². The normalized spacial score (nSPS) is 15.3. The van der Waals surface area contributed by atoms with Gasteiger partial charge in [0.25, 0.3) is 0 Å². The molecule has 3 aromatic rings. The molecule has 0 fully saturated rings. The van der Waals surface area contributed by atoms with Crippen molar-refractivity contribution in [3.05, 3.63) is 71.8 Å². The van der Waals surface area contributed by atoms with Gasteiger partial charge in [-0.1, -0.05) is 37.3 Å². The van der Waals surface area contributed by atoms with Gasteiger partial charge in [-0.2, -0.15) is 5.10 Å². The summed E-state index contributed by atoms with van der Waals surface area (Å²) in [5.74, 6) is 1.23. The molecule has 1 aliphatic heterocycles. The van der Waals surface area contributed by atoms with Crippen molar-refractivity contribution in [2.24, 2.45) is 0 Å². The van der Waals surface area contributed by atoms with Gasteiger partial charge in [0.05, 0.1) is 24.5 Å². The fraction of sp³-hybridized carbons (Fsp3) is 0.381. The van der Waals surface area contributed by atoms with Crippen molar-refractivity contribution < 1.29 is 0 Å². The van der Waals surface area contributed by atoms with E-state index in [2.05, 4.69) is 68.2 Å². The highest BCUT2D eigenvalue weighted by molar-refractivity contribution is 5.25. The Morgan fingerprint density at radius 2 is 1.89 bits per heavy atom. The first-order valence-corrected chi connectivity index (χ1v) is 9.62. The number of benzene rings is 1. The Morgan fingerprint density at radius 1 is 1.07 bits per heavy atom. The number of hydrogen-bond acceptors (Lipinski definition) is 5. The lowest BCUT2D eigenvalue weighted by Crippen LogP contribution is -2.34. The minimum absolute atomic E-state index is 0.587. The van der Waals surface area contributed by atoms with Crippen molar-refractivity contribution in [2.45, 2.75) is 38.9 Å². The average molecular weight is 362 g/mol. The molecule has 27 heavy (non-hydrogen) atoms. The first kappa shape index (κ1) is 17.7. The van der Waals surface area contributed by atoms with E-state index in [4.69, 9.17) is 5.10 Å². The van der Waals surface area contributed by atoms with Crippen LogP contribution in [0.1, 0.15) is 36.2 Å². The van der Waals surface area contributed by atoms with Crippen LogP contribution >= 0.6 is 0 Å². The molecule has 1 N–H and O–H groups in total. The van der Waals surface area contributed by atoms with Crippen LogP contribution < -0.4 is 5.32 Å². The molecule has 6 heteroatoms. The van der Waals surface area contributed by atoms with E-state index in [-0.39, 0.29) is 0 Å². The summed E-state index contributed by atoms with van der Waals surface area (Å²) in [6.07, 6.45) is 4.65. The van der Waals surface area contributed by atoms with Crippen LogP contribution in [-0.2, 0) is 19.6 Å². The van der Waals surface area contributed by atoms with Crippen LogP contribution in [0.25, 0.3) is 0 Å². The van der Waals surface area contributed by atoms with Crippen molar-refractivity contribution in [1.82, 2.24) is 24.6 Å². The summed E-state index contributed by atoms with van der Waals surface area (Å²) in [6, 6.07) is 14.8. The summed E-state index contributed by atoms with van der Waals surface area (Å²) < 4.78 is 2.14. The number of aromatic nitrogens is 4. The molecular formula is C21H26N6. The minimum atomic E-state index is 0.587. The largest absolute Gasteiger partial charge is 0.348 e. The maximum atomic E-state index is 4.72. The van der Waals surface area contributed by atoms with Gasteiger partial charge in [-0.05, 0) is 36.6 Å². The van der Waals surface area contributed by atoms with Gasteiger partial charge in [0, 0.05) is 25.5 Å². The van der Waals surface area contributed by atoms with Crippen LogP contribution in [0.15, 0.2) is 54.9 Å². The molecule has 2 aromatic heterocycles. The number of nitrogens with one attached hydrogen (secondary N) is 1. The smallest absolute Gasteiger partial charge is 0.222 e. The van der Waals surface area contributed by atoms with E-state index >= 15 is 0 Å². The summed E-state index contributed by atoms with van der Waals surface area (Å²) >= 11 is 0. The first-order chi connectivity index (χ1) is 13.3. The number of anilines is 1. The van der Waals surface area contributed by atoms with E-state index in [0.717, 1.165) is 31.9 Å². The highest BCUT2D eigenvalue weighted by atomic mass is 15.3. The molecule has 0 saturated heterocycles. The van der Waals surface area contributed by atoms with Crippen LogP contribution in [0.5, 0.6) is 0 Å². The van der Waals surface area contributed by atoms with Crippen LogP contribution in [0.2, 0.25) is 0 Å². The predicted octanol–water partition coefficient (Wildman–Crippen LogP) is 3.29. The topological polar surface area (TPSA) is 58.9 Å². The monoisotopic (exact) mass is 362 g/mol.